The van der Waals surface area contributed by atoms with E-state index in [1.807, 2.05) is 50.2 Å². The number of benzene rings is 2. The van der Waals surface area contributed by atoms with Gasteiger partial charge in [-0.3, -0.25) is 19.3 Å². The van der Waals surface area contributed by atoms with E-state index >= 15 is 0 Å². The van der Waals surface area contributed by atoms with Gasteiger partial charge in [-0.15, -0.1) is 0 Å². The molecule has 0 aromatic heterocycles. The smallest absolute Gasteiger partial charge is 0.256 e. The van der Waals surface area contributed by atoms with E-state index in [-0.39, 0.29) is 30.4 Å². The highest BCUT2D eigenvalue weighted by Gasteiger charge is 2.54. The fourth-order valence-corrected chi connectivity index (χ4v) is 5.48. The van der Waals surface area contributed by atoms with Crippen molar-refractivity contribution in [1.29, 1.82) is 0 Å². The third-order valence-electron chi connectivity index (χ3n) is 7.74. The molecule has 37 heavy (non-hydrogen) atoms. The Balaban J connectivity index is 1.34. The molecule has 2 aromatic carbocycles. The van der Waals surface area contributed by atoms with Crippen molar-refractivity contribution in [2.45, 2.75) is 57.4 Å². The molecule has 3 saturated heterocycles. The Morgan fingerprint density at radius 3 is 2.08 bits per heavy atom. The second-order valence-corrected chi connectivity index (χ2v) is 10.4. The fourth-order valence-electron chi connectivity index (χ4n) is 5.48. The minimum atomic E-state index is -0.933. The van der Waals surface area contributed by atoms with Gasteiger partial charge in [-0.1, -0.05) is 35.4 Å². The zero-order chi connectivity index (χ0) is 26.0. The molecule has 2 aromatic rings. The van der Waals surface area contributed by atoms with Gasteiger partial charge in [0.25, 0.3) is 11.8 Å². The van der Waals surface area contributed by atoms with Gasteiger partial charge in [0.1, 0.15) is 11.8 Å². The summed E-state index contributed by atoms with van der Waals surface area (Å²) in [4.78, 5) is 43.7. The number of aryl methyl sites for hydroxylation is 2. The first-order valence-electron chi connectivity index (χ1n) is 13.2. The number of carbonyl (C=O) groups is 3. The molecule has 1 spiro atoms. The number of likely N-dealkylation sites (tertiary alicyclic amines) is 1. The van der Waals surface area contributed by atoms with Crippen LogP contribution in [0.5, 0.6) is 0 Å². The van der Waals surface area contributed by atoms with Crippen molar-refractivity contribution in [3.05, 3.63) is 70.8 Å². The first-order chi connectivity index (χ1) is 17.9. The highest BCUT2D eigenvalue weighted by atomic mass is 16.5. The number of carbonyl (C=O) groups excluding carboxylic acids is 3. The second-order valence-electron chi connectivity index (χ2n) is 10.4. The molecule has 0 radical (unpaired) electrons. The van der Waals surface area contributed by atoms with Crippen molar-refractivity contribution in [3.8, 4) is 0 Å². The number of amides is 3. The lowest BCUT2D eigenvalue weighted by atomic mass is 9.95. The van der Waals surface area contributed by atoms with Crippen molar-refractivity contribution >= 4 is 17.7 Å². The number of hydrogen-bond acceptors (Lipinski definition) is 5. The first-order valence-corrected chi connectivity index (χ1v) is 13.2. The maximum Gasteiger partial charge on any atom is 0.256 e. The molecule has 0 aliphatic carbocycles. The molecular formula is C29H35N3O5. The molecule has 3 amide bonds. The number of hydrogen-bond donors (Lipinski definition) is 1. The molecule has 8 heteroatoms. The van der Waals surface area contributed by atoms with Crippen molar-refractivity contribution in [3.63, 3.8) is 0 Å². The number of nitrogens with one attached hydrogen (secondary N) is 1. The maximum absolute atomic E-state index is 13.8. The predicted molar refractivity (Wildman–Crippen MR) is 138 cm³/mol. The molecule has 0 saturated carbocycles. The van der Waals surface area contributed by atoms with Crippen LogP contribution in [-0.4, -0.2) is 78.2 Å². The Labute approximate surface area is 217 Å². The van der Waals surface area contributed by atoms with Gasteiger partial charge in [-0.25, -0.2) is 0 Å². The van der Waals surface area contributed by atoms with Gasteiger partial charge in [0.15, 0.2) is 0 Å². The third kappa shape index (κ3) is 5.26. The van der Waals surface area contributed by atoms with Gasteiger partial charge in [0.2, 0.25) is 5.91 Å². The maximum atomic E-state index is 13.8. The second kappa shape index (κ2) is 10.6. The summed E-state index contributed by atoms with van der Waals surface area (Å²) in [6.07, 6.45) is 2.81. The summed E-state index contributed by atoms with van der Waals surface area (Å²) < 4.78 is 11.9. The number of piperidine rings is 1. The standard InChI is InChI=1S/C29H35N3O5/c1-20-5-9-22(10-6-20)27(34)31-15-13-29(14-16-31)32(28(35)23-11-7-21(2)8-12-23)25(19-37-29)26(33)30-18-24-4-3-17-36-24/h5-12,24-25H,3-4,13-19H2,1-2H3,(H,30,33)/t24-,25+/m1/s1. The average molecular weight is 506 g/mol. The SMILES string of the molecule is Cc1ccc(C(=O)N2CCC3(CC2)OC[C@@H](C(=O)NC[C@H]2CCCO2)N3C(=O)c2ccc(C)cc2)cc1. The van der Waals surface area contributed by atoms with E-state index < -0.39 is 11.8 Å². The highest BCUT2D eigenvalue weighted by molar-refractivity contribution is 5.98. The molecule has 3 aliphatic rings. The molecule has 8 nitrogen and oxygen atoms in total. The summed E-state index contributed by atoms with van der Waals surface area (Å²) >= 11 is 0. The lowest BCUT2D eigenvalue weighted by Crippen LogP contribution is -2.60. The summed E-state index contributed by atoms with van der Waals surface area (Å²) in [6, 6.07) is 14.2. The molecule has 196 valence electrons. The predicted octanol–water partition coefficient (Wildman–Crippen LogP) is 3.07. The van der Waals surface area contributed by atoms with Crippen LogP contribution in [0.4, 0.5) is 0 Å². The zero-order valence-electron chi connectivity index (χ0n) is 21.6. The van der Waals surface area contributed by atoms with E-state index in [9.17, 15) is 14.4 Å². The molecular weight excluding hydrogens is 470 g/mol. The summed E-state index contributed by atoms with van der Waals surface area (Å²) in [6.45, 7) is 6.10. The van der Waals surface area contributed by atoms with E-state index in [1.165, 1.54) is 0 Å². The third-order valence-corrected chi connectivity index (χ3v) is 7.74. The lowest BCUT2D eigenvalue weighted by molar-refractivity contribution is -0.128. The minimum absolute atomic E-state index is 0.0116. The van der Waals surface area contributed by atoms with Crippen molar-refractivity contribution in [2.75, 3.05) is 32.8 Å². The Hall–Kier alpha value is -3.23. The largest absolute Gasteiger partial charge is 0.376 e. The average Bonchev–Trinajstić information content (AvgIpc) is 3.56. The fraction of sp³-hybridized carbons (Fsp3) is 0.483. The van der Waals surface area contributed by atoms with Gasteiger partial charge in [-0.2, -0.15) is 0 Å². The number of ether oxygens (including phenoxy) is 2. The van der Waals surface area contributed by atoms with E-state index in [2.05, 4.69) is 5.32 Å². The van der Waals surface area contributed by atoms with Crippen LogP contribution in [0.25, 0.3) is 0 Å². The van der Waals surface area contributed by atoms with Gasteiger partial charge in [-0.05, 0) is 51.0 Å². The van der Waals surface area contributed by atoms with Gasteiger partial charge < -0.3 is 19.7 Å². The van der Waals surface area contributed by atoms with Crippen LogP contribution in [0.1, 0.15) is 57.5 Å². The Kier molecular flexibility index (Phi) is 7.31. The molecule has 0 unspecified atom stereocenters. The molecule has 3 aliphatic heterocycles. The molecule has 2 atom stereocenters. The molecule has 0 bridgehead atoms. The topological polar surface area (TPSA) is 88.2 Å². The highest BCUT2D eigenvalue weighted by Crippen LogP contribution is 2.39. The van der Waals surface area contributed by atoms with Crippen LogP contribution in [0, 0.1) is 13.8 Å². The van der Waals surface area contributed by atoms with Crippen LogP contribution in [-0.2, 0) is 14.3 Å². The Bertz CT molecular complexity index is 1130. The Morgan fingerprint density at radius 1 is 0.919 bits per heavy atom. The van der Waals surface area contributed by atoms with Crippen LogP contribution in [0.15, 0.2) is 48.5 Å². The van der Waals surface area contributed by atoms with Crippen LogP contribution in [0.2, 0.25) is 0 Å². The summed E-state index contributed by atoms with van der Waals surface area (Å²) in [5.74, 6) is -0.491. The first kappa shape index (κ1) is 25.4. The van der Waals surface area contributed by atoms with Gasteiger partial charge >= 0.3 is 0 Å². The van der Waals surface area contributed by atoms with E-state index in [1.54, 1.807) is 21.9 Å². The molecule has 5 rings (SSSR count). The van der Waals surface area contributed by atoms with Crippen molar-refractivity contribution < 1.29 is 23.9 Å². The summed E-state index contributed by atoms with van der Waals surface area (Å²) in [5, 5.41) is 2.98. The number of rotatable bonds is 5. The van der Waals surface area contributed by atoms with Crippen LogP contribution in [0.3, 0.4) is 0 Å². The van der Waals surface area contributed by atoms with E-state index in [0.29, 0.717) is 50.2 Å². The molecule has 3 heterocycles. The monoisotopic (exact) mass is 505 g/mol. The lowest BCUT2D eigenvalue weighted by Gasteiger charge is -2.44. The number of nitrogens with zero attached hydrogens (tertiary/aromatic N) is 2. The Morgan fingerprint density at radius 2 is 1.51 bits per heavy atom. The molecule has 1 N–H and O–H groups in total. The van der Waals surface area contributed by atoms with E-state index in [4.69, 9.17) is 9.47 Å². The zero-order valence-corrected chi connectivity index (χ0v) is 21.6. The van der Waals surface area contributed by atoms with Crippen molar-refractivity contribution in [2.24, 2.45) is 0 Å². The van der Waals surface area contributed by atoms with Crippen molar-refractivity contribution in [1.82, 2.24) is 15.1 Å². The van der Waals surface area contributed by atoms with Gasteiger partial charge in [0, 0.05) is 50.2 Å². The molecule has 3 fully saturated rings. The van der Waals surface area contributed by atoms with Crippen LogP contribution >= 0.6 is 0 Å². The summed E-state index contributed by atoms with van der Waals surface area (Å²) in [5.41, 5.74) is 2.39. The minimum Gasteiger partial charge on any atom is -0.376 e. The van der Waals surface area contributed by atoms with E-state index in [0.717, 1.165) is 24.0 Å². The van der Waals surface area contributed by atoms with Crippen LogP contribution < -0.4 is 5.32 Å². The quantitative estimate of drug-likeness (QED) is 0.675. The summed E-state index contributed by atoms with van der Waals surface area (Å²) in [7, 11) is 0. The normalized spacial score (nSPS) is 22.9. The van der Waals surface area contributed by atoms with Gasteiger partial charge in [0.05, 0.1) is 12.7 Å².